The second-order valence-electron chi connectivity index (χ2n) is 15.9. The lowest BCUT2D eigenvalue weighted by molar-refractivity contribution is -0.198. The molecule has 1 aliphatic heterocycles. The van der Waals surface area contributed by atoms with E-state index in [1.807, 2.05) is 0 Å². The zero-order valence-electron chi connectivity index (χ0n) is 23.7. The Balaban J connectivity index is 1.33. The van der Waals surface area contributed by atoms with Crippen molar-refractivity contribution in [3.8, 4) is 0 Å². The second kappa shape index (κ2) is 7.07. The van der Waals surface area contributed by atoms with E-state index in [0.717, 1.165) is 25.7 Å². The molecule has 2 spiro atoms. The van der Waals surface area contributed by atoms with Crippen molar-refractivity contribution in [2.45, 2.75) is 142 Å². The summed E-state index contributed by atoms with van der Waals surface area (Å²) in [4.78, 5) is 0. The Hall–Kier alpha value is -0.160. The molecular weight excluding hydrogens is 436 g/mol. The first-order valence-electron chi connectivity index (χ1n) is 14.7. The van der Waals surface area contributed by atoms with Crippen molar-refractivity contribution in [1.29, 1.82) is 0 Å². The van der Waals surface area contributed by atoms with Crippen LogP contribution in [-0.2, 0) is 9.47 Å². The summed E-state index contributed by atoms with van der Waals surface area (Å²) in [6.45, 7) is 16.3. The Morgan fingerprint density at radius 3 is 2.14 bits per heavy atom. The summed E-state index contributed by atoms with van der Waals surface area (Å²) >= 11 is 0. The average molecular weight is 489 g/mol. The van der Waals surface area contributed by atoms with E-state index in [9.17, 15) is 10.2 Å². The van der Waals surface area contributed by atoms with Gasteiger partial charge in [-0.2, -0.15) is 0 Å². The molecule has 0 amide bonds. The van der Waals surface area contributed by atoms with E-state index in [1.54, 1.807) is 7.11 Å². The highest BCUT2D eigenvalue weighted by Gasteiger charge is 2.83. The van der Waals surface area contributed by atoms with Crippen molar-refractivity contribution in [3.05, 3.63) is 0 Å². The van der Waals surface area contributed by atoms with Gasteiger partial charge in [0, 0.05) is 13.0 Å². The molecule has 4 nitrogen and oxygen atoms in total. The van der Waals surface area contributed by atoms with Gasteiger partial charge in [0.15, 0.2) is 0 Å². The van der Waals surface area contributed by atoms with Crippen LogP contribution in [0.4, 0.5) is 0 Å². The molecule has 200 valence electrons. The number of aliphatic hydroxyl groups is 2. The molecule has 35 heavy (non-hydrogen) atoms. The van der Waals surface area contributed by atoms with E-state index < -0.39 is 0 Å². The zero-order valence-corrected chi connectivity index (χ0v) is 23.7. The highest BCUT2D eigenvalue weighted by Crippen LogP contribution is 2.89. The molecule has 0 aromatic carbocycles. The van der Waals surface area contributed by atoms with E-state index in [0.29, 0.717) is 22.7 Å². The zero-order chi connectivity index (χ0) is 25.4. The molecule has 0 bridgehead atoms. The summed E-state index contributed by atoms with van der Waals surface area (Å²) in [5, 5.41) is 22.7. The molecule has 6 fully saturated rings. The van der Waals surface area contributed by atoms with Crippen molar-refractivity contribution in [3.63, 3.8) is 0 Å². The Kier molecular flexibility index (Phi) is 5.08. The predicted molar refractivity (Wildman–Crippen MR) is 138 cm³/mol. The van der Waals surface area contributed by atoms with E-state index in [-0.39, 0.29) is 51.7 Å². The van der Waals surface area contributed by atoms with Crippen LogP contribution in [0.2, 0.25) is 0 Å². The molecule has 6 aliphatic rings. The number of aliphatic hydroxyl groups excluding tert-OH is 2. The first-order chi connectivity index (χ1) is 16.1. The molecule has 2 N–H and O–H groups in total. The highest BCUT2D eigenvalue weighted by atomic mass is 16.6. The van der Waals surface area contributed by atoms with E-state index in [4.69, 9.17) is 9.47 Å². The Bertz CT molecular complexity index is 898. The van der Waals surface area contributed by atoms with Crippen LogP contribution in [0.3, 0.4) is 0 Å². The van der Waals surface area contributed by atoms with Gasteiger partial charge in [0.25, 0.3) is 0 Å². The van der Waals surface area contributed by atoms with Crippen LogP contribution in [0.1, 0.15) is 113 Å². The van der Waals surface area contributed by atoms with Gasteiger partial charge in [-0.05, 0) is 124 Å². The maximum atomic E-state index is 11.8. The van der Waals surface area contributed by atoms with Gasteiger partial charge in [-0.3, -0.25) is 0 Å². The van der Waals surface area contributed by atoms with Crippen LogP contribution in [0, 0.1) is 44.8 Å². The standard InChI is InChI=1S/C31H52O4/c1-25(2)20-9-10-21-28(6)17-19(32)24(29(7)13-12-23(35-29)26(3,4)34-8)27(28,5)15-16-31(21)18-30(20,31)14-11-22(25)33/h19-24,32-33H,9-18H2,1-8H3/t19?,20?,21?,22?,23?,24?,27?,28-,29+,30?,31?/m0/s1. The molecule has 11 atom stereocenters. The van der Waals surface area contributed by atoms with Crippen molar-refractivity contribution in [2.75, 3.05) is 7.11 Å². The number of hydrogen-bond acceptors (Lipinski definition) is 4. The van der Waals surface area contributed by atoms with Gasteiger partial charge in [0.2, 0.25) is 0 Å². The summed E-state index contributed by atoms with van der Waals surface area (Å²) in [6.07, 6.45) is 11.1. The largest absolute Gasteiger partial charge is 0.393 e. The minimum Gasteiger partial charge on any atom is -0.393 e. The van der Waals surface area contributed by atoms with Gasteiger partial charge in [0.1, 0.15) is 0 Å². The van der Waals surface area contributed by atoms with Crippen molar-refractivity contribution >= 4 is 0 Å². The third-order valence-electron chi connectivity index (χ3n) is 14.3. The lowest BCUT2D eigenvalue weighted by Gasteiger charge is -2.63. The fraction of sp³-hybridized carbons (Fsp3) is 1.00. The molecule has 9 unspecified atom stereocenters. The highest BCUT2D eigenvalue weighted by molar-refractivity contribution is 5.31. The van der Waals surface area contributed by atoms with Crippen LogP contribution < -0.4 is 0 Å². The van der Waals surface area contributed by atoms with E-state index in [1.165, 1.54) is 38.5 Å². The topological polar surface area (TPSA) is 58.9 Å². The molecule has 1 heterocycles. The quantitative estimate of drug-likeness (QED) is 0.502. The third kappa shape index (κ3) is 2.79. The monoisotopic (exact) mass is 488 g/mol. The van der Waals surface area contributed by atoms with Crippen LogP contribution in [0.25, 0.3) is 0 Å². The fourth-order valence-corrected chi connectivity index (χ4v) is 12.2. The summed E-state index contributed by atoms with van der Waals surface area (Å²) < 4.78 is 12.7. The average Bonchev–Trinajstić information content (AvgIpc) is 3.18. The number of methoxy groups -OCH3 is 1. The Morgan fingerprint density at radius 2 is 1.46 bits per heavy atom. The third-order valence-corrected chi connectivity index (χ3v) is 14.3. The number of ether oxygens (including phenoxy) is 2. The second-order valence-corrected chi connectivity index (χ2v) is 15.9. The van der Waals surface area contributed by atoms with Gasteiger partial charge in [-0.25, -0.2) is 0 Å². The molecule has 1 saturated heterocycles. The first-order valence-corrected chi connectivity index (χ1v) is 14.7. The maximum Gasteiger partial charge on any atom is 0.0883 e. The van der Waals surface area contributed by atoms with Gasteiger partial charge in [0.05, 0.1) is 29.5 Å². The lowest BCUT2D eigenvalue weighted by Crippen LogP contribution is -2.59. The molecule has 0 aromatic rings. The lowest BCUT2D eigenvalue weighted by atomic mass is 9.41. The molecular formula is C31H52O4. The van der Waals surface area contributed by atoms with Gasteiger partial charge in [-0.15, -0.1) is 0 Å². The van der Waals surface area contributed by atoms with E-state index >= 15 is 0 Å². The normalized spacial score (nSPS) is 58.8. The van der Waals surface area contributed by atoms with Crippen molar-refractivity contribution in [2.24, 2.45) is 44.8 Å². The van der Waals surface area contributed by atoms with Gasteiger partial charge >= 0.3 is 0 Å². The smallest absolute Gasteiger partial charge is 0.0883 e. The van der Waals surface area contributed by atoms with Crippen molar-refractivity contribution in [1.82, 2.24) is 0 Å². The van der Waals surface area contributed by atoms with Crippen LogP contribution in [-0.4, -0.2) is 46.8 Å². The minimum absolute atomic E-state index is 0.0282. The first kappa shape index (κ1) is 25.1. The SMILES string of the molecule is COC(C)(C)C1CC[C@](C)(C2C(O)C[C@@]3(C)C4CCC5C(C)(C)C(O)CCC56CC46CCC23C)O1. The summed E-state index contributed by atoms with van der Waals surface area (Å²) in [6, 6.07) is 0. The number of hydrogen-bond donors (Lipinski definition) is 2. The molecule has 0 aromatic heterocycles. The Morgan fingerprint density at radius 1 is 0.800 bits per heavy atom. The van der Waals surface area contributed by atoms with Crippen molar-refractivity contribution < 1.29 is 19.7 Å². The molecule has 0 radical (unpaired) electrons. The van der Waals surface area contributed by atoms with Crippen LogP contribution in [0.5, 0.6) is 0 Å². The van der Waals surface area contributed by atoms with Crippen LogP contribution in [0.15, 0.2) is 0 Å². The molecule has 5 saturated carbocycles. The predicted octanol–water partition coefficient (Wildman–Crippen LogP) is 6.12. The molecule has 5 aliphatic carbocycles. The number of rotatable bonds is 3. The molecule has 4 heteroatoms. The Labute approximate surface area is 213 Å². The maximum absolute atomic E-state index is 11.8. The minimum atomic E-state index is -0.306. The summed E-state index contributed by atoms with van der Waals surface area (Å²) in [5.74, 6) is 1.51. The van der Waals surface area contributed by atoms with Crippen LogP contribution >= 0.6 is 0 Å². The summed E-state index contributed by atoms with van der Waals surface area (Å²) in [5.41, 5.74) is 0.530. The van der Waals surface area contributed by atoms with Gasteiger partial charge in [-0.1, -0.05) is 27.7 Å². The number of fused-ring (bicyclic) bond motifs is 2. The molecule has 6 rings (SSSR count). The van der Waals surface area contributed by atoms with Gasteiger partial charge < -0.3 is 19.7 Å². The summed E-state index contributed by atoms with van der Waals surface area (Å²) in [7, 11) is 1.79. The van der Waals surface area contributed by atoms with E-state index in [2.05, 4.69) is 48.5 Å². The fourth-order valence-electron chi connectivity index (χ4n) is 12.2.